The standard InChI is InChI=1S/C20H27N5OS.2ClH/c26-20(24-9-10-27-14-24)18-11-17(13-21-18)23-7-5-16(6-8-23)25-19-4-2-1-3-15(19)12-22-25;;/h1-4,12,16-18,21H,5-11,13-14H2;2*1H/t17-,18-;;/m0../s1. The second-order valence-electron chi connectivity index (χ2n) is 7.90. The van der Waals surface area contributed by atoms with Crippen LogP contribution in [0, 0.1) is 0 Å². The average molecular weight is 458 g/mol. The van der Waals surface area contributed by atoms with Crippen LogP contribution in [0.25, 0.3) is 10.9 Å². The van der Waals surface area contributed by atoms with Gasteiger partial charge in [-0.15, -0.1) is 36.6 Å². The van der Waals surface area contributed by atoms with Gasteiger partial charge >= 0.3 is 0 Å². The Morgan fingerprint density at radius 1 is 1.10 bits per heavy atom. The molecule has 0 unspecified atom stereocenters. The van der Waals surface area contributed by atoms with Crippen molar-refractivity contribution >= 4 is 53.4 Å². The molecule has 29 heavy (non-hydrogen) atoms. The Hall–Kier alpha value is -0.990. The van der Waals surface area contributed by atoms with E-state index in [1.54, 1.807) is 0 Å². The molecule has 2 atom stereocenters. The lowest BCUT2D eigenvalue weighted by molar-refractivity contribution is -0.131. The summed E-state index contributed by atoms with van der Waals surface area (Å²) in [4.78, 5) is 17.2. The third kappa shape index (κ3) is 4.54. The number of carbonyl (C=O) groups is 1. The molecule has 3 fully saturated rings. The molecule has 4 heterocycles. The second-order valence-corrected chi connectivity index (χ2v) is 8.98. The van der Waals surface area contributed by atoms with Crippen molar-refractivity contribution in [1.29, 1.82) is 0 Å². The summed E-state index contributed by atoms with van der Waals surface area (Å²) in [7, 11) is 0. The minimum atomic E-state index is 0. The van der Waals surface area contributed by atoms with Gasteiger partial charge in [0.2, 0.25) is 5.91 Å². The second kappa shape index (κ2) is 9.88. The van der Waals surface area contributed by atoms with E-state index >= 15 is 0 Å². The number of benzene rings is 1. The number of thioether (sulfide) groups is 1. The van der Waals surface area contributed by atoms with Gasteiger partial charge in [0.05, 0.1) is 29.7 Å². The number of halogens is 2. The summed E-state index contributed by atoms with van der Waals surface area (Å²) >= 11 is 1.86. The fraction of sp³-hybridized carbons (Fsp3) is 0.600. The van der Waals surface area contributed by atoms with E-state index in [4.69, 9.17) is 0 Å². The molecular weight excluding hydrogens is 429 g/mol. The lowest BCUT2D eigenvalue weighted by atomic mass is 10.0. The molecule has 1 N–H and O–H groups in total. The maximum absolute atomic E-state index is 12.6. The molecule has 3 aliphatic rings. The number of nitrogens with zero attached hydrogens (tertiary/aromatic N) is 4. The van der Waals surface area contributed by atoms with Crippen LogP contribution in [0.3, 0.4) is 0 Å². The third-order valence-electron chi connectivity index (χ3n) is 6.34. The van der Waals surface area contributed by atoms with Gasteiger partial charge in [0.25, 0.3) is 0 Å². The van der Waals surface area contributed by atoms with Crippen LogP contribution in [-0.4, -0.2) is 75.4 Å². The maximum Gasteiger partial charge on any atom is 0.240 e. The highest BCUT2D eigenvalue weighted by Gasteiger charge is 2.37. The summed E-state index contributed by atoms with van der Waals surface area (Å²) in [5, 5.41) is 9.36. The van der Waals surface area contributed by atoms with Gasteiger partial charge < -0.3 is 10.2 Å². The maximum atomic E-state index is 12.6. The summed E-state index contributed by atoms with van der Waals surface area (Å²) in [6.07, 6.45) is 5.19. The molecule has 5 rings (SSSR count). The first kappa shape index (κ1) is 22.7. The largest absolute Gasteiger partial charge is 0.331 e. The molecule has 2 aromatic rings. The Morgan fingerprint density at radius 2 is 1.90 bits per heavy atom. The smallest absolute Gasteiger partial charge is 0.240 e. The first-order chi connectivity index (χ1) is 13.3. The first-order valence-electron chi connectivity index (χ1n) is 10.1. The summed E-state index contributed by atoms with van der Waals surface area (Å²) in [6.45, 7) is 4.03. The van der Waals surface area contributed by atoms with Crippen LogP contribution in [0.4, 0.5) is 0 Å². The number of piperidine rings is 1. The molecule has 3 saturated heterocycles. The molecule has 1 aromatic heterocycles. The number of hydrogen-bond donors (Lipinski definition) is 1. The number of hydrogen-bond acceptors (Lipinski definition) is 5. The molecular formula is C20H29Cl2N5OS. The summed E-state index contributed by atoms with van der Waals surface area (Å²) in [6, 6.07) is 9.45. The Balaban J connectivity index is 0.00000120. The number of para-hydroxylation sites is 1. The molecule has 0 bridgehead atoms. The van der Waals surface area contributed by atoms with Crippen molar-refractivity contribution in [3.63, 3.8) is 0 Å². The van der Waals surface area contributed by atoms with E-state index in [2.05, 4.69) is 44.3 Å². The van der Waals surface area contributed by atoms with E-state index < -0.39 is 0 Å². The number of carbonyl (C=O) groups excluding carboxylic acids is 1. The number of amides is 1. The Morgan fingerprint density at radius 3 is 2.66 bits per heavy atom. The van der Waals surface area contributed by atoms with Crippen LogP contribution in [0.5, 0.6) is 0 Å². The fourth-order valence-corrected chi connectivity index (χ4v) is 5.73. The predicted molar refractivity (Wildman–Crippen MR) is 123 cm³/mol. The van der Waals surface area contributed by atoms with E-state index in [9.17, 15) is 4.79 Å². The average Bonchev–Trinajstić information content (AvgIpc) is 3.48. The van der Waals surface area contributed by atoms with E-state index in [0.717, 1.165) is 57.1 Å². The third-order valence-corrected chi connectivity index (χ3v) is 7.30. The Labute approximate surface area is 188 Å². The number of fused-ring (bicyclic) bond motifs is 1. The van der Waals surface area contributed by atoms with Gasteiger partial charge in [-0.1, -0.05) is 18.2 Å². The van der Waals surface area contributed by atoms with Gasteiger partial charge in [-0.2, -0.15) is 5.10 Å². The fourth-order valence-electron chi connectivity index (χ4n) is 4.77. The number of nitrogens with one attached hydrogen (secondary N) is 1. The van der Waals surface area contributed by atoms with Crippen molar-refractivity contribution in [2.24, 2.45) is 0 Å². The van der Waals surface area contributed by atoms with E-state index in [1.165, 1.54) is 10.9 Å². The van der Waals surface area contributed by atoms with Crippen molar-refractivity contribution in [3.8, 4) is 0 Å². The lowest BCUT2D eigenvalue weighted by Gasteiger charge is -2.36. The van der Waals surface area contributed by atoms with Crippen LogP contribution in [0.15, 0.2) is 30.5 Å². The van der Waals surface area contributed by atoms with Crippen LogP contribution >= 0.6 is 36.6 Å². The van der Waals surface area contributed by atoms with Gasteiger partial charge in [0.1, 0.15) is 0 Å². The molecule has 1 aromatic carbocycles. The monoisotopic (exact) mass is 457 g/mol. The highest BCUT2D eigenvalue weighted by molar-refractivity contribution is 7.99. The summed E-state index contributed by atoms with van der Waals surface area (Å²) in [5.74, 6) is 2.25. The summed E-state index contributed by atoms with van der Waals surface area (Å²) < 4.78 is 2.22. The van der Waals surface area contributed by atoms with E-state index in [1.807, 2.05) is 22.9 Å². The molecule has 160 valence electrons. The molecule has 0 radical (unpaired) electrons. The van der Waals surface area contributed by atoms with Crippen molar-refractivity contribution < 1.29 is 4.79 Å². The molecule has 6 nitrogen and oxygen atoms in total. The van der Waals surface area contributed by atoms with Crippen molar-refractivity contribution in [3.05, 3.63) is 30.5 Å². The van der Waals surface area contributed by atoms with Gasteiger partial charge in [-0.3, -0.25) is 14.4 Å². The zero-order valence-corrected chi connectivity index (χ0v) is 18.9. The molecule has 9 heteroatoms. The number of likely N-dealkylation sites (tertiary alicyclic amines) is 1. The van der Waals surface area contributed by atoms with Crippen LogP contribution < -0.4 is 5.32 Å². The highest BCUT2D eigenvalue weighted by atomic mass is 35.5. The van der Waals surface area contributed by atoms with Gasteiger partial charge in [-0.05, 0) is 25.3 Å². The molecule has 1 amide bonds. The number of aromatic nitrogens is 2. The zero-order chi connectivity index (χ0) is 18.2. The highest BCUT2D eigenvalue weighted by Crippen LogP contribution is 2.29. The molecule has 0 saturated carbocycles. The van der Waals surface area contributed by atoms with Crippen molar-refractivity contribution in [1.82, 2.24) is 24.9 Å². The van der Waals surface area contributed by atoms with Crippen molar-refractivity contribution in [2.45, 2.75) is 37.4 Å². The summed E-state index contributed by atoms with van der Waals surface area (Å²) in [5.41, 5.74) is 1.24. The minimum Gasteiger partial charge on any atom is -0.331 e. The van der Waals surface area contributed by atoms with Gasteiger partial charge in [0.15, 0.2) is 0 Å². The van der Waals surface area contributed by atoms with Gasteiger partial charge in [0, 0.05) is 43.4 Å². The molecule has 0 spiro atoms. The predicted octanol–water partition coefficient (Wildman–Crippen LogP) is 2.78. The van der Waals surface area contributed by atoms with E-state index in [0.29, 0.717) is 18.0 Å². The normalized spacial score (nSPS) is 25.7. The Bertz CT molecular complexity index is 820. The molecule has 0 aliphatic carbocycles. The first-order valence-corrected chi connectivity index (χ1v) is 11.2. The topological polar surface area (TPSA) is 53.4 Å². The Kier molecular flexibility index (Phi) is 7.73. The SMILES string of the molecule is Cl.Cl.O=C([C@@H]1C[C@H](N2CCC(n3ncc4ccccc43)CC2)CN1)N1CCSC1. The van der Waals surface area contributed by atoms with Crippen molar-refractivity contribution in [2.75, 3.05) is 37.8 Å². The quantitative estimate of drug-likeness (QED) is 0.767. The number of rotatable bonds is 3. The van der Waals surface area contributed by atoms with Crippen LogP contribution in [0.2, 0.25) is 0 Å². The zero-order valence-electron chi connectivity index (χ0n) is 16.4. The lowest BCUT2D eigenvalue weighted by Crippen LogP contribution is -2.43. The van der Waals surface area contributed by atoms with Crippen LogP contribution in [-0.2, 0) is 4.79 Å². The van der Waals surface area contributed by atoms with E-state index in [-0.39, 0.29) is 30.9 Å². The minimum absolute atomic E-state index is 0. The van der Waals surface area contributed by atoms with Gasteiger partial charge in [-0.25, -0.2) is 0 Å². The molecule has 3 aliphatic heterocycles. The van der Waals surface area contributed by atoms with Crippen LogP contribution in [0.1, 0.15) is 25.3 Å².